The Morgan fingerprint density at radius 2 is 1.00 bits per heavy atom. The summed E-state index contributed by atoms with van der Waals surface area (Å²) >= 11 is 0. The van der Waals surface area contributed by atoms with Gasteiger partial charge in [0.2, 0.25) is 0 Å². The molecule has 2 bridgehead atoms. The van der Waals surface area contributed by atoms with Crippen molar-refractivity contribution in [3.05, 3.63) is 108 Å². The first-order chi connectivity index (χ1) is 15.9. The van der Waals surface area contributed by atoms with Crippen LogP contribution in [0, 0.1) is 0 Å². The van der Waals surface area contributed by atoms with Crippen molar-refractivity contribution in [2.24, 2.45) is 0 Å². The predicted octanol–water partition coefficient (Wildman–Crippen LogP) is 4.50. The molecule has 0 aromatic heterocycles. The summed E-state index contributed by atoms with van der Waals surface area (Å²) in [5.74, 6) is 0. The van der Waals surface area contributed by atoms with Crippen molar-refractivity contribution in [3.8, 4) is 0 Å². The maximum absolute atomic E-state index is 6.44. The van der Waals surface area contributed by atoms with Crippen LogP contribution in [0.25, 0.3) is 0 Å². The molecule has 166 valence electrons. The van der Waals surface area contributed by atoms with E-state index in [-0.39, 0.29) is 18.3 Å². The quantitative estimate of drug-likeness (QED) is 0.498. The Bertz CT molecular complexity index is 892. The lowest BCUT2D eigenvalue weighted by Crippen LogP contribution is -2.56. The number of benzene rings is 3. The summed E-state index contributed by atoms with van der Waals surface area (Å²) in [7, 11) is 0. The molecule has 0 spiro atoms. The smallest absolute Gasteiger partial charge is 0.187 e. The van der Waals surface area contributed by atoms with Gasteiger partial charge in [0, 0.05) is 0 Å². The first kappa shape index (κ1) is 21.3. The zero-order valence-electron chi connectivity index (χ0n) is 17.9. The Labute approximate surface area is 188 Å². The third-order valence-electron chi connectivity index (χ3n) is 5.87. The minimum atomic E-state index is -0.457. The average molecular weight is 433 g/mol. The van der Waals surface area contributed by atoms with E-state index in [2.05, 4.69) is 24.3 Å². The van der Waals surface area contributed by atoms with Gasteiger partial charge >= 0.3 is 0 Å². The van der Waals surface area contributed by atoms with Crippen LogP contribution in [0.1, 0.15) is 16.7 Å². The first-order valence-electron chi connectivity index (χ1n) is 11.1. The fraction of sp³-hybridized carbons (Fsp3) is 0.333. The average Bonchev–Trinajstić information content (AvgIpc) is 3.29. The summed E-state index contributed by atoms with van der Waals surface area (Å²) in [5.41, 5.74) is 3.31. The molecule has 3 aromatic rings. The fourth-order valence-corrected chi connectivity index (χ4v) is 4.20. The van der Waals surface area contributed by atoms with Gasteiger partial charge in [-0.1, -0.05) is 91.0 Å². The van der Waals surface area contributed by atoms with Crippen molar-refractivity contribution in [2.45, 2.75) is 50.5 Å². The van der Waals surface area contributed by atoms with Crippen LogP contribution in [0.2, 0.25) is 0 Å². The van der Waals surface area contributed by atoms with Crippen LogP contribution >= 0.6 is 0 Å². The molecule has 5 rings (SSSR count). The Hall–Kier alpha value is -2.54. The SMILES string of the molecule is c1ccc(CO[C@H]2[C@@H](OCc3ccccc3)[C@H]3OC[C@@H](O3)[C@H]2OCc2ccccc2)cc1. The van der Waals surface area contributed by atoms with Crippen LogP contribution in [0.3, 0.4) is 0 Å². The van der Waals surface area contributed by atoms with Crippen molar-refractivity contribution < 1.29 is 23.7 Å². The zero-order valence-corrected chi connectivity index (χ0v) is 17.9. The molecule has 2 aliphatic heterocycles. The van der Waals surface area contributed by atoms with Gasteiger partial charge in [0.1, 0.15) is 24.4 Å². The highest BCUT2D eigenvalue weighted by Crippen LogP contribution is 2.35. The van der Waals surface area contributed by atoms with Crippen LogP contribution in [-0.2, 0) is 43.5 Å². The van der Waals surface area contributed by atoms with Gasteiger partial charge in [-0.25, -0.2) is 0 Å². The molecule has 0 N–H and O–H groups in total. The standard InChI is InChI=1S/C27H28O5/c1-4-10-20(11-5-1)16-28-24-23-19-31-27(32-23)26(30-18-22-14-8-3-9-15-22)25(24)29-17-21-12-6-2-7-13-21/h1-15,23-27H,16-19H2/t23-,24-,25-,26-,27+/m1/s1. The highest BCUT2D eigenvalue weighted by molar-refractivity contribution is 5.15. The number of fused-ring (bicyclic) bond motifs is 2. The second kappa shape index (κ2) is 10.4. The Morgan fingerprint density at radius 3 is 1.50 bits per heavy atom. The van der Waals surface area contributed by atoms with E-state index in [0.717, 1.165) is 16.7 Å². The molecule has 2 saturated heterocycles. The van der Waals surface area contributed by atoms with E-state index in [4.69, 9.17) is 23.7 Å². The summed E-state index contributed by atoms with van der Waals surface area (Å²) in [6.07, 6.45) is -1.63. The molecule has 2 heterocycles. The summed E-state index contributed by atoms with van der Waals surface area (Å²) in [6.45, 7) is 1.88. The normalized spacial score (nSPS) is 26.8. The van der Waals surface area contributed by atoms with E-state index in [1.165, 1.54) is 0 Å². The Balaban J connectivity index is 1.33. The fourth-order valence-electron chi connectivity index (χ4n) is 4.20. The van der Waals surface area contributed by atoms with E-state index in [0.29, 0.717) is 26.4 Å². The molecule has 3 aromatic carbocycles. The van der Waals surface area contributed by atoms with E-state index >= 15 is 0 Å². The van der Waals surface area contributed by atoms with Crippen molar-refractivity contribution in [3.63, 3.8) is 0 Å². The van der Waals surface area contributed by atoms with Gasteiger partial charge in [-0.3, -0.25) is 0 Å². The number of rotatable bonds is 9. The third-order valence-corrected chi connectivity index (χ3v) is 5.87. The van der Waals surface area contributed by atoms with Gasteiger partial charge in [0.05, 0.1) is 26.4 Å². The van der Waals surface area contributed by atoms with Crippen LogP contribution in [0.4, 0.5) is 0 Å². The molecule has 2 aliphatic rings. The molecular weight excluding hydrogens is 404 g/mol. The zero-order chi connectivity index (χ0) is 21.6. The van der Waals surface area contributed by atoms with Crippen LogP contribution < -0.4 is 0 Å². The van der Waals surface area contributed by atoms with Gasteiger partial charge in [-0.05, 0) is 16.7 Å². The second-order valence-corrected chi connectivity index (χ2v) is 8.16. The summed E-state index contributed by atoms with van der Waals surface area (Å²) in [4.78, 5) is 0. The summed E-state index contributed by atoms with van der Waals surface area (Å²) in [6, 6.07) is 30.4. The Kier molecular flexibility index (Phi) is 6.92. The van der Waals surface area contributed by atoms with Crippen molar-refractivity contribution in [1.82, 2.24) is 0 Å². The number of hydrogen-bond donors (Lipinski definition) is 0. The van der Waals surface area contributed by atoms with E-state index < -0.39 is 12.4 Å². The molecule has 0 unspecified atom stereocenters. The van der Waals surface area contributed by atoms with Crippen molar-refractivity contribution in [2.75, 3.05) is 6.61 Å². The molecule has 0 amide bonds. The van der Waals surface area contributed by atoms with Crippen LogP contribution in [0.15, 0.2) is 91.0 Å². The van der Waals surface area contributed by atoms with E-state index in [1.54, 1.807) is 0 Å². The van der Waals surface area contributed by atoms with Crippen molar-refractivity contribution in [1.29, 1.82) is 0 Å². The maximum atomic E-state index is 6.44. The van der Waals surface area contributed by atoms with E-state index in [1.807, 2.05) is 66.7 Å². The van der Waals surface area contributed by atoms with Gasteiger partial charge in [0.25, 0.3) is 0 Å². The molecule has 0 aliphatic carbocycles. The third kappa shape index (κ3) is 5.09. The Morgan fingerprint density at radius 1 is 0.562 bits per heavy atom. The lowest BCUT2D eigenvalue weighted by Gasteiger charge is -2.40. The monoisotopic (exact) mass is 432 g/mol. The maximum Gasteiger partial charge on any atom is 0.187 e. The molecule has 32 heavy (non-hydrogen) atoms. The van der Waals surface area contributed by atoms with Crippen molar-refractivity contribution >= 4 is 0 Å². The van der Waals surface area contributed by atoms with Gasteiger partial charge < -0.3 is 23.7 Å². The molecule has 0 saturated carbocycles. The molecule has 5 heteroatoms. The minimum Gasteiger partial charge on any atom is -0.368 e. The predicted molar refractivity (Wildman–Crippen MR) is 120 cm³/mol. The lowest BCUT2D eigenvalue weighted by molar-refractivity contribution is -0.268. The van der Waals surface area contributed by atoms with Gasteiger partial charge in [-0.2, -0.15) is 0 Å². The number of ether oxygens (including phenoxy) is 5. The molecule has 5 nitrogen and oxygen atoms in total. The van der Waals surface area contributed by atoms with Crippen LogP contribution in [0.5, 0.6) is 0 Å². The second-order valence-electron chi connectivity index (χ2n) is 8.16. The van der Waals surface area contributed by atoms with Gasteiger partial charge in [-0.15, -0.1) is 0 Å². The topological polar surface area (TPSA) is 46.2 Å². The molecule has 0 radical (unpaired) electrons. The van der Waals surface area contributed by atoms with E-state index in [9.17, 15) is 0 Å². The highest BCUT2D eigenvalue weighted by atomic mass is 16.8. The highest BCUT2D eigenvalue weighted by Gasteiger charge is 2.52. The first-order valence-corrected chi connectivity index (χ1v) is 11.1. The molecule has 5 atom stereocenters. The van der Waals surface area contributed by atoms with Crippen LogP contribution in [-0.4, -0.2) is 37.3 Å². The minimum absolute atomic E-state index is 0.180. The largest absolute Gasteiger partial charge is 0.368 e. The van der Waals surface area contributed by atoms with Gasteiger partial charge in [0.15, 0.2) is 6.29 Å². The lowest BCUT2D eigenvalue weighted by atomic mass is 10.00. The summed E-state index contributed by atoms with van der Waals surface area (Å²) in [5, 5.41) is 0. The number of hydrogen-bond acceptors (Lipinski definition) is 5. The summed E-state index contributed by atoms with van der Waals surface area (Å²) < 4.78 is 31.2. The molecule has 2 fully saturated rings. The molecular formula is C27H28O5.